The fourth-order valence-corrected chi connectivity index (χ4v) is 4.94. The lowest BCUT2D eigenvalue weighted by Gasteiger charge is -2.19. The minimum absolute atomic E-state index is 0.234. The van der Waals surface area contributed by atoms with Crippen molar-refractivity contribution in [3.63, 3.8) is 0 Å². The molecule has 0 bridgehead atoms. The molecule has 0 aliphatic carbocycles. The summed E-state index contributed by atoms with van der Waals surface area (Å²) in [6.07, 6.45) is 0. The molecule has 5 nitrogen and oxygen atoms in total. The summed E-state index contributed by atoms with van der Waals surface area (Å²) in [4.78, 5) is 7.96. The number of likely N-dealkylation sites (N-methyl/N-ethyl adjacent to an activating group) is 1. The Labute approximate surface area is 193 Å². The number of benzene rings is 3. The first-order valence-electron chi connectivity index (χ1n) is 11.0. The van der Waals surface area contributed by atoms with Gasteiger partial charge in [0, 0.05) is 58.6 Å². The molecule has 32 heavy (non-hydrogen) atoms. The van der Waals surface area contributed by atoms with E-state index in [0.29, 0.717) is 18.2 Å². The lowest BCUT2D eigenvalue weighted by Crippen LogP contribution is -2.21. The Bertz CT molecular complexity index is 1270. The zero-order chi connectivity index (χ0) is 22.2. The zero-order valence-electron chi connectivity index (χ0n) is 18.4. The van der Waals surface area contributed by atoms with Crippen LogP contribution >= 0.6 is 11.6 Å². The Hall–Kier alpha value is -2.89. The maximum absolute atomic E-state index is 10.6. The van der Waals surface area contributed by atoms with Gasteiger partial charge in [0.15, 0.2) is 0 Å². The van der Waals surface area contributed by atoms with Crippen LogP contribution in [0.4, 0.5) is 5.69 Å². The smallest absolute Gasteiger partial charge is 0.125 e. The van der Waals surface area contributed by atoms with Crippen molar-refractivity contribution in [3.05, 3.63) is 65.9 Å². The van der Waals surface area contributed by atoms with Crippen LogP contribution in [0, 0.1) is 0 Å². The minimum Gasteiger partial charge on any atom is -0.507 e. The molecule has 1 aliphatic heterocycles. The van der Waals surface area contributed by atoms with Crippen LogP contribution in [0.3, 0.4) is 0 Å². The molecular weight excluding hydrogens is 422 g/mol. The Kier molecular flexibility index (Phi) is 5.62. The highest BCUT2D eigenvalue weighted by atomic mass is 35.5. The lowest BCUT2D eigenvalue weighted by molar-refractivity contribution is 0.261. The number of alkyl halides is 1. The molecule has 0 amide bonds. The van der Waals surface area contributed by atoms with Gasteiger partial charge >= 0.3 is 0 Å². The van der Waals surface area contributed by atoms with Gasteiger partial charge in [-0.2, -0.15) is 0 Å². The molecule has 0 saturated carbocycles. The molecule has 2 N–H and O–H groups in total. The average molecular weight is 450 g/mol. The van der Waals surface area contributed by atoms with Crippen LogP contribution in [0.5, 0.6) is 11.5 Å². The van der Waals surface area contributed by atoms with Crippen LogP contribution < -0.4 is 9.64 Å². The van der Waals surface area contributed by atoms with Gasteiger partial charge in [0.1, 0.15) is 18.1 Å². The van der Waals surface area contributed by atoms with Crippen molar-refractivity contribution in [2.24, 2.45) is 0 Å². The third-order valence-corrected chi connectivity index (χ3v) is 6.61. The van der Waals surface area contributed by atoms with E-state index in [0.717, 1.165) is 58.4 Å². The van der Waals surface area contributed by atoms with Crippen LogP contribution in [0.1, 0.15) is 17.2 Å². The molecule has 1 aliphatic rings. The highest BCUT2D eigenvalue weighted by Gasteiger charge is 2.31. The van der Waals surface area contributed by atoms with Crippen molar-refractivity contribution >= 4 is 39.0 Å². The van der Waals surface area contributed by atoms with E-state index in [4.69, 9.17) is 16.3 Å². The van der Waals surface area contributed by atoms with E-state index >= 15 is 0 Å². The van der Waals surface area contributed by atoms with E-state index in [9.17, 15) is 5.11 Å². The van der Waals surface area contributed by atoms with Crippen LogP contribution in [0.2, 0.25) is 0 Å². The summed E-state index contributed by atoms with van der Waals surface area (Å²) in [6.45, 7) is 3.11. The predicted molar refractivity (Wildman–Crippen MR) is 132 cm³/mol. The number of ether oxygens (including phenoxy) is 1. The van der Waals surface area contributed by atoms with Crippen molar-refractivity contribution in [1.29, 1.82) is 0 Å². The molecule has 166 valence electrons. The highest BCUT2D eigenvalue weighted by Crippen LogP contribution is 2.45. The van der Waals surface area contributed by atoms with Crippen molar-refractivity contribution in [2.45, 2.75) is 12.5 Å². The van der Waals surface area contributed by atoms with E-state index < -0.39 is 0 Å². The number of nitrogens with zero attached hydrogens (tertiary/aromatic N) is 2. The number of fused-ring (bicyclic) bond motifs is 4. The Morgan fingerprint density at radius 3 is 2.72 bits per heavy atom. The third kappa shape index (κ3) is 3.87. The van der Waals surface area contributed by atoms with Crippen LogP contribution in [-0.4, -0.2) is 54.7 Å². The SMILES string of the molecule is CN(C)CCOc1ccc2[nH]c(CN3C[C@@H](CCl)c4c3cc(O)c3ccccc43)cc2c1. The number of phenolic OH excluding ortho intramolecular Hbond substituents is 1. The van der Waals surface area contributed by atoms with Gasteiger partial charge in [-0.3, -0.25) is 0 Å². The molecule has 2 heterocycles. The number of rotatable bonds is 7. The highest BCUT2D eigenvalue weighted by molar-refractivity contribution is 6.18. The van der Waals surface area contributed by atoms with Crippen molar-refractivity contribution < 1.29 is 9.84 Å². The standard InChI is InChI=1S/C26H28ClN3O2/c1-29(2)9-10-32-20-7-8-23-17(12-20)11-19(28-23)16-30-15-18(14-27)26-22-6-4-3-5-21(22)25(31)13-24(26)30/h3-8,11-13,18,28,31H,9-10,14-16H2,1-2H3/t18-/m1/s1. The summed E-state index contributed by atoms with van der Waals surface area (Å²) in [5.74, 6) is 1.99. The number of aromatic hydroxyl groups is 1. The lowest BCUT2D eigenvalue weighted by atomic mass is 9.95. The molecule has 1 atom stereocenters. The maximum atomic E-state index is 10.6. The summed E-state index contributed by atoms with van der Waals surface area (Å²) in [7, 11) is 4.08. The fraction of sp³-hybridized carbons (Fsp3) is 0.308. The molecule has 0 fully saturated rings. The summed E-state index contributed by atoms with van der Waals surface area (Å²) in [5, 5.41) is 13.8. The number of phenols is 1. The van der Waals surface area contributed by atoms with E-state index in [1.54, 1.807) is 0 Å². The number of hydrogen-bond acceptors (Lipinski definition) is 4. The van der Waals surface area contributed by atoms with Gasteiger partial charge in [0.05, 0.1) is 6.54 Å². The minimum atomic E-state index is 0.234. The molecule has 0 radical (unpaired) electrons. The summed E-state index contributed by atoms with van der Waals surface area (Å²) in [6, 6.07) is 18.3. The predicted octanol–water partition coefficient (Wildman–Crippen LogP) is 5.31. The van der Waals surface area contributed by atoms with E-state index in [2.05, 4.69) is 39.0 Å². The molecule has 0 unspecified atom stereocenters. The molecule has 0 spiro atoms. The number of anilines is 1. The third-order valence-electron chi connectivity index (χ3n) is 6.23. The second-order valence-corrected chi connectivity index (χ2v) is 9.11. The van der Waals surface area contributed by atoms with Gasteiger partial charge < -0.3 is 24.6 Å². The first-order valence-corrected chi connectivity index (χ1v) is 11.5. The van der Waals surface area contributed by atoms with E-state index in [-0.39, 0.29) is 5.92 Å². The second-order valence-electron chi connectivity index (χ2n) is 8.80. The quantitative estimate of drug-likeness (QED) is 0.375. The zero-order valence-corrected chi connectivity index (χ0v) is 19.2. The first kappa shape index (κ1) is 21.0. The summed E-state index contributed by atoms with van der Waals surface area (Å²) >= 11 is 6.37. The number of aromatic amines is 1. The molecular formula is C26H28ClN3O2. The van der Waals surface area contributed by atoms with Crippen molar-refractivity contribution in [3.8, 4) is 11.5 Å². The second kappa shape index (κ2) is 8.57. The van der Waals surface area contributed by atoms with Gasteiger partial charge in [0.2, 0.25) is 0 Å². The van der Waals surface area contributed by atoms with Crippen LogP contribution in [-0.2, 0) is 6.54 Å². The average Bonchev–Trinajstić information content (AvgIpc) is 3.34. The molecule has 5 rings (SSSR count). The first-order chi connectivity index (χ1) is 15.5. The van der Waals surface area contributed by atoms with Gasteiger partial charge in [-0.25, -0.2) is 0 Å². The monoisotopic (exact) mass is 449 g/mol. The van der Waals surface area contributed by atoms with Gasteiger partial charge in [-0.15, -0.1) is 11.6 Å². The molecule has 3 aromatic carbocycles. The van der Waals surface area contributed by atoms with Gasteiger partial charge in [0.25, 0.3) is 0 Å². The normalized spacial score (nSPS) is 15.8. The van der Waals surface area contributed by atoms with Crippen molar-refractivity contribution in [2.75, 3.05) is 44.6 Å². The Morgan fingerprint density at radius 1 is 1.12 bits per heavy atom. The summed E-state index contributed by atoms with van der Waals surface area (Å²) in [5.41, 5.74) is 4.52. The fourth-order valence-electron chi connectivity index (χ4n) is 4.68. The molecule has 6 heteroatoms. The molecule has 1 aromatic heterocycles. The van der Waals surface area contributed by atoms with Gasteiger partial charge in [-0.1, -0.05) is 24.3 Å². The largest absolute Gasteiger partial charge is 0.507 e. The topological polar surface area (TPSA) is 51.7 Å². The number of halogens is 1. The number of hydrogen-bond donors (Lipinski definition) is 2. The Balaban J connectivity index is 1.42. The number of H-pyrrole nitrogens is 1. The summed E-state index contributed by atoms with van der Waals surface area (Å²) < 4.78 is 5.89. The van der Waals surface area contributed by atoms with E-state index in [1.165, 1.54) is 5.56 Å². The number of aromatic nitrogens is 1. The Morgan fingerprint density at radius 2 is 1.94 bits per heavy atom. The van der Waals surface area contributed by atoms with Gasteiger partial charge in [-0.05, 0) is 49.3 Å². The van der Waals surface area contributed by atoms with E-state index in [1.807, 2.05) is 44.4 Å². The maximum Gasteiger partial charge on any atom is 0.125 e. The number of nitrogens with one attached hydrogen (secondary N) is 1. The van der Waals surface area contributed by atoms with Crippen molar-refractivity contribution in [1.82, 2.24) is 9.88 Å². The van der Waals surface area contributed by atoms with Crippen LogP contribution in [0.25, 0.3) is 21.7 Å². The molecule has 0 saturated heterocycles. The van der Waals surface area contributed by atoms with Crippen LogP contribution in [0.15, 0.2) is 54.6 Å². The molecule has 4 aromatic rings.